The minimum Gasteiger partial charge on any atom is -0.505 e. The van der Waals surface area contributed by atoms with E-state index in [1.54, 1.807) is 13.1 Å². The number of nitrogens with zero attached hydrogens (tertiary/aromatic N) is 2. The number of rotatable bonds is 3. The van der Waals surface area contributed by atoms with Gasteiger partial charge in [-0.25, -0.2) is 4.98 Å². The van der Waals surface area contributed by atoms with Gasteiger partial charge < -0.3 is 14.8 Å². The van der Waals surface area contributed by atoms with E-state index >= 15 is 0 Å². The molecule has 0 aliphatic heterocycles. The molecule has 0 radical (unpaired) electrons. The van der Waals surface area contributed by atoms with Crippen molar-refractivity contribution in [3.63, 3.8) is 0 Å². The minimum absolute atomic E-state index is 0.159. The maximum atomic E-state index is 11.7. The number of amides is 1. The lowest BCUT2D eigenvalue weighted by Gasteiger charge is -2.03. The first kappa shape index (κ1) is 11.1. The van der Waals surface area contributed by atoms with Gasteiger partial charge in [-0.05, 0) is 13.0 Å². The van der Waals surface area contributed by atoms with Gasteiger partial charge in [0.15, 0.2) is 0 Å². The molecule has 0 spiro atoms. The molecule has 0 saturated carbocycles. The first-order chi connectivity index (χ1) is 8.16. The molecule has 0 bridgehead atoms. The van der Waals surface area contributed by atoms with Gasteiger partial charge in [-0.1, -0.05) is 0 Å². The highest BCUT2D eigenvalue weighted by Gasteiger charge is 2.11. The third-order valence-corrected chi connectivity index (χ3v) is 2.11. The zero-order valence-electron chi connectivity index (χ0n) is 9.17. The van der Waals surface area contributed by atoms with E-state index in [1.807, 2.05) is 0 Å². The molecule has 6 nitrogen and oxygen atoms in total. The molecule has 2 aromatic rings. The van der Waals surface area contributed by atoms with Crippen molar-refractivity contribution in [2.24, 2.45) is 0 Å². The Bertz CT molecular complexity index is 536. The predicted molar refractivity (Wildman–Crippen MR) is 58.3 cm³/mol. The number of aryl methyl sites for hydroxylation is 1. The quantitative estimate of drug-likeness (QED) is 0.826. The van der Waals surface area contributed by atoms with Crippen LogP contribution >= 0.6 is 0 Å². The average molecular weight is 233 g/mol. The number of nitrogens with one attached hydrogen (secondary N) is 1. The monoisotopic (exact) mass is 233 g/mol. The lowest BCUT2D eigenvalue weighted by molar-refractivity contribution is 0.0944. The second kappa shape index (κ2) is 4.65. The second-order valence-corrected chi connectivity index (χ2v) is 3.44. The fourth-order valence-corrected chi connectivity index (χ4v) is 1.31. The fourth-order valence-electron chi connectivity index (χ4n) is 1.31. The van der Waals surface area contributed by atoms with Gasteiger partial charge in [0.2, 0.25) is 5.89 Å². The Kier molecular flexibility index (Phi) is 3.04. The maximum absolute atomic E-state index is 11.7. The van der Waals surface area contributed by atoms with Gasteiger partial charge in [0.25, 0.3) is 5.91 Å². The third kappa shape index (κ3) is 2.60. The molecule has 0 aliphatic carbocycles. The molecule has 2 heterocycles. The molecule has 2 rings (SSSR count). The Balaban J connectivity index is 2.01. The summed E-state index contributed by atoms with van der Waals surface area (Å²) >= 11 is 0. The van der Waals surface area contributed by atoms with E-state index in [4.69, 9.17) is 4.42 Å². The van der Waals surface area contributed by atoms with E-state index in [-0.39, 0.29) is 17.9 Å². The zero-order valence-corrected chi connectivity index (χ0v) is 9.17. The molecule has 0 fully saturated rings. The van der Waals surface area contributed by atoms with Crippen LogP contribution in [0.3, 0.4) is 0 Å². The highest BCUT2D eigenvalue weighted by atomic mass is 16.4. The molecule has 0 aliphatic rings. The van der Waals surface area contributed by atoms with Crippen molar-refractivity contribution < 1.29 is 14.3 Å². The standard InChI is InChI=1S/C11H11N3O3/c1-7-4-13-10(17-7)6-14-11(16)8-2-3-12-5-9(8)15/h2-5,15H,6H2,1H3,(H,14,16). The van der Waals surface area contributed by atoms with Crippen LogP contribution in [0.1, 0.15) is 22.0 Å². The summed E-state index contributed by atoms with van der Waals surface area (Å²) in [6.07, 6.45) is 4.22. The fraction of sp³-hybridized carbons (Fsp3) is 0.182. The number of aromatic hydroxyl groups is 1. The van der Waals surface area contributed by atoms with Gasteiger partial charge in [0.1, 0.15) is 11.5 Å². The molecule has 2 N–H and O–H groups in total. The van der Waals surface area contributed by atoms with Crippen LogP contribution < -0.4 is 5.32 Å². The van der Waals surface area contributed by atoms with Crippen LogP contribution in [0.25, 0.3) is 0 Å². The molecule has 1 amide bonds. The van der Waals surface area contributed by atoms with Crippen molar-refractivity contribution in [3.8, 4) is 5.75 Å². The molecular weight excluding hydrogens is 222 g/mol. The largest absolute Gasteiger partial charge is 0.505 e. The average Bonchev–Trinajstić information content (AvgIpc) is 2.73. The van der Waals surface area contributed by atoms with Gasteiger partial charge in [-0.15, -0.1) is 0 Å². The van der Waals surface area contributed by atoms with Crippen LogP contribution in [0.5, 0.6) is 5.75 Å². The first-order valence-electron chi connectivity index (χ1n) is 4.99. The topological polar surface area (TPSA) is 88.2 Å². The third-order valence-electron chi connectivity index (χ3n) is 2.11. The SMILES string of the molecule is Cc1cnc(CNC(=O)c2ccncc2O)o1. The molecule has 2 aromatic heterocycles. The van der Waals surface area contributed by atoms with E-state index in [0.717, 1.165) is 0 Å². The van der Waals surface area contributed by atoms with Crippen LogP contribution in [0.4, 0.5) is 0 Å². The molecule has 0 saturated heterocycles. The number of carbonyl (C=O) groups excluding carboxylic acids is 1. The summed E-state index contributed by atoms with van der Waals surface area (Å²) in [5.41, 5.74) is 0.170. The van der Waals surface area contributed by atoms with E-state index in [1.165, 1.54) is 18.5 Å². The summed E-state index contributed by atoms with van der Waals surface area (Å²) in [4.78, 5) is 19.3. The van der Waals surface area contributed by atoms with Crippen molar-refractivity contribution in [1.29, 1.82) is 0 Å². The summed E-state index contributed by atoms with van der Waals surface area (Å²) in [5.74, 6) is 0.541. The normalized spacial score (nSPS) is 10.2. The summed E-state index contributed by atoms with van der Waals surface area (Å²) < 4.78 is 5.20. The first-order valence-corrected chi connectivity index (χ1v) is 4.99. The summed E-state index contributed by atoms with van der Waals surface area (Å²) in [7, 11) is 0. The molecule has 88 valence electrons. The number of hydrogen-bond donors (Lipinski definition) is 2. The zero-order chi connectivity index (χ0) is 12.3. The number of oxazole rings is 1. The second-order valence-electron chi connectivity index (χ2n) is 3.44. The van der Waals surface area contributed by atoms with Crippen LogP contribution in [0.15, 0.2) is 29.1 Å². The molecule has 0 unspecified atom stereocenters. The number of pyridine rings is 1. The van der Waals surface area contributed by atoms with Crippen molar-refractivity contribution in [2.45, 2.75) is 13.5 Å². The highest BCUT2D eigenvalue weighted by molar-refractivity contribution is 5.96. The van der Waals surface area contributed by atoms with Crippen molar-refractivity contribution in [1.82, 2.24) is 15.3 Å². The Morgan fingerprint density at radius 2 is 2.35 bits per heavy atom. The van der Waals surface area contributed by atoms with E-state index in [0.29, 0.717) is 11.7 Å². The van der Waals surface area contributed by atoms with Crippen LogP contribution in [0.2, 0.25) is 0 Å². The van der Waals surface area contributed by atoms with Gasteiger partial charge in [-0.2, -0.15) is 0 Å². The lowest BCUT2D eigenvalue weighted by Crippen LogP contribution is -2.23. The summed E-state index contributed by atoms with van der Waals surface area (Å²) in [6.45, 7) is 1.95. The van der Waals surface area contributed by atoms with Crippen LogP contribution in [-0.2, 0) is 6.54 Å². The van der Waals surface area contributed by atoms with Crippen molar-refractivity contribution in [2.75, 3.05) is 0 Å². The molecule has 0 aromatic carbocycles. The van der Waals surface area contributed by atoms with E-state index in [9.17, 15) is 9.90 Å². The minimum atomic E-state index is -0.402. The number of carbonyl (C=O) groups is 1. The van der Waals surface area contributed by atoms with Gasteiger partial charge in [-0.3, -0.25) is 9.78 Å². The Labute approximate surface area is 97.3 Å². The van der Waals surface area contributed by atoms with Gasteiger partial charge >= 0.3 is 0 Å². The van der Waals surface area contributed by atoms with Crippen LogP contribution in [0, 0.1) is 6.92 Å². The molecule has 6 heteroatoms. The summed E-state index contributed by atoms with van der Waals surface area (Å²) in [5, 5.41) is 12.0. The predicted octanol–water partition coefficient (Wildman–Crippen LogP) is 1.01. The smallest absolute Gasteiger partial charge is 0.255 e. The van der Waals surface area contributed by atoms with E-state index in [2.05, 4.69) is 15.3 Å². The lowest BCUT2D eigenvalue weighted by atomic mass is 10.2. The molecular formula is C11H11N3O3. The van der Waals surface area contributed by atoms with Gasteiger partial charge in [0, 0.05) is 6.20 Å². The number of hydrogen-bond acceptors (Lipinski definition) is 5. The van der Waals surface area contributed by atoms with Crippen molar-refractivity contribution in [3.05, 3.63) is 41.9 Å². The summed E-state index contributed by atoms with van der Waals surface area (Å²) in [6, 6.07) is 1.44. The highest BCUT2D eigenvalue weighted by Crippen LogP contribution is 2.13. The van der Waals surface area contributed by atoms with E-state index < -0.39 is 5.91 Å². The number of aromatic nitrogens is 2. The molecule has 0 atom stereocenters. The van der Waals surface area contributed by atoms with Gasteiger partial charge in [0.05, 0.1) is 24.5 Å². The van der Waals surface area contributed by atoms with Crippen LogP contribution in [-0.4, -0.2) is 21.0 Å². The molecule has 17 heavy (non-hydrogen) atoms. The maximum Gasteiger partial charge on any atom is 0.255 e. The van der Waals surface area contributed by atoms with Crippen molar-refractivity contribution >= 4 is 5.91 Å². The Morgan fingerprint density at radius 3 is 3.00 bits per heavy atom. The Hall–Kier alpha value is -2.37. The Morgan fingerprint density at radius 1 is 1.53 bits per heavy atom.